The summed E-state index contributed by atoms with van der Waals surface area (Å²) in [5, 5.41) is 3.50. The van der Waals surface area contributed by atoms with Crippen molar-refractivity contribution < 1.29 is 0 Å². The predicted octanol–water partition coefficient (Wildman–Crippen LogP) is 3.21. The van der Waals surface area contributed by atoms with E-state index in [1.54, 1.807) is 0 Å². The molecular formula is C11H17ClN2. The Hall–Kier alpha value is -0.760. The molecule has 1 rings (SSSR count). The lowest BCUT2D eigenvalue weighted by atomic mass is 10.2. The highest BCUT2D eigenvalue weighted by Crippen LogP contribution is 2.10. The summed E-state index contributed by atoms with van der Waals surface area (Å²) >= 11 is 5.90. The lowest BCUT2D eigenvalue weighted by Gasteiger charge is -2.15. The molecule has 1 N–H and O–H groups in total. The summed E-state index contributed by atoms with van der Waals surface area (Å²) in [4.78, 5) is 4.27. The number of halogens is 1. The molecule has 0 saturated carbocycles. The molecule has 1 aromatic rings. The van der Waals surface area contributed by atoms with Crippen molar-refractivity contribution in [2.75, 3.05) is 5.32 Å². The summed E-state index contributed by atoms with van der Waals surface area (Å²) < 4.78 is 0. The van der Waals surface area contributed by atoms with Gasteiger partial charge in [0.2, 0.25) is 0 Å². The van der Waals surface area contributed by atoms with E-state index in [1.807, 2.05) is 32.2 Å². The van der Waals surface area contributed by atoms with Gasteiger partial charge in [-0.2, -0.15) is 0 Å². The second-order valence-electron chi connectivity index (χ2n) is 3.78. The Kier molecular flexibility index (Phi) is 4.21. The first-order valence-corrected chi connectivity index (χ1v) is 5.35. The lowest BCUT2D eigenvalue weighted by Crippen LogP contribution is -2.19. The normalized spacial score (nSPS) is 14.9. The molecule has 0 aromatic carbocycles. The number of hydrogen-bond donors (Lipinski definition) is 1. The van der Waals surface area contributed by atoms with E-state index >= 15 is 0 Å². The van der Waals surface area contributed by atoms with Crippen LogP contribution in [0, 0.1) is 6.92 Å². The molecule has 14 heavy (non-hydrogen) atoms. The summed E-state index contributed by atoms with van der Waals surface area (Å²) in [6.07, 6.45) is 2.80. The minimum Gasteiger partial charge on any atom is -0.368 e. The summed E-state index contributed by atoms with van der Waals surface area (Å²) in [7, 11) is 0. The van der Waals surface area contributed by atoms with Gasteiger partial charge in [-0.15, -0.1) is 11.6 Å². The molecule has 0 aliphatic carbocycles. The van der Waals surface area contributed by atoms with E-state index in [0.717, 1.165) is 12.2 Å². The molecule has 0 aliphatic heterocycles. The molecule has 2 atom stereocenters. The predicted molar refractivity (Wildman–Crippen MR) is 62.0 cm³/mol. The number of hydrogen-bond acceptors (Lipinski definition) is 2. The number of nitrogens with one attached hydrogen (secondary N) is 1. The Morgan fingerprint density at radius 2 is 2.14 bits per heavy atom. The number of anilines is 1. The zero-order chi connectivity index (χ0) is 10.6. The molecule has 0 saturated heterocycles. The monoisotopic (exact) mass is 212 g/mol. The summed E-state index contributed by atoms with van der Waals surface area (Å²) in [5.41, 5.74) is 1.17. The van der Waals surface area contributed by atoms with E-state index in [4.69, 9.17) is 11.6 Å². The van der Waals surface area contributed by atoms with Crippen LogP contribution in [0.4, 0.5) is 5.82 Å². The molecule has 0 radical (unpaired) electrons. The fraction of sp³-hybridized carbons (Fsp3) is 0.545. The number of alkyl halides is 1. The Labute approximate surface area is 90.7 Å². The largest absolute Gasteiger partial charge is 0.368 e. The Morgan fingerprint density at radius 1 is 1.43 bits per heavy atom. The maximum atomic E-state index is 5.90. The molecule has 3 heteroatoms. The van der Waals surface area contributed by atoms with Gasteiger partial charge in [0, 0.05) is 17.6 Å². The van der Waals surface area contributed by atoms with Gasteiger partial charge in [-0.25, -0.2) is 4.98 Å². The highest BCUT2D eigenvalue weighted by atomic mass is 35.5. The van der Waals surface area contributed by atoms with E-state index in [9.17, 15) is 0 Å². The van der Waals surface area contributed by atoms with Crippen LogP contribution in [0.3, 0.4) is 0 Å². The molecule has 2 nitrogen and oxygen atoms in total. The van der Waals surface area contributed by atoms with E-state index in [1.165, 1.54) is 5.56 Å². The van der Waals surface area contributed by atoms with E-state index in [-0.39, 0.29) is 5.38 Å². The van der Waals surface area contributed by atoms with Gasteiger partial charge in [-0.3, -0.25) is 0 Å². The molecule has 1 aromatic heterocycles. The van der Waals surface area contributed by atoms with Crippen LogP contribution >= 0.6 is 11.6 Å². The van der Waals surface area contributed by atoms with E-state index < -0.39 is 0 Å². The van der Waals surface area contributed by atoms with Crippen LogP contribution in [0.1, 0.15) is 25.8 Å². The van der Waals surface area contributed by atoms with Crippen LogP contribution < -0.4 is 5.32 Å². The van der Waals surface area contributed by atoms with Crippen molar-refractivity contribution >= 4 is 17.4 Å². The van der Waals surface area contributed by atoms with Crippen LogP contribution in [0.2, 0.25) is 0 Å². The van der Waals surface area contributed by atoms with Gasteiger partial charge >= 0.3 is 0 Å². The average molecular weight is 213 g/mol. The van der Waals surface area contributed by atoms with Crippen molar-refractivity contribution in [1.82, 2.24) is 4.98 Å². The Bertz CT molecular complexity index is 269. The van der Waals surface area contributed by atoms with Crippen molar-refractivity contribution in [3.8, 4) is 0 Å². The van der Waals surface area contributed by atoms with Crippen molar-refractivity contribution in [1.29, 1.82) is 0 Å². The van der Waals surface area contributed by atoms with Crippen molar-refractivity contribution in [2.45, 2.75) is 38.6 Å². The van der Waals surface area contributed by atoms with Crippen LogP contribution in [-0.4, -0.2) is 16.4 Å². The molecular weight excluding hydrogens is 196 g/mol. The highest BCUT2D eigenvalue weighted by molar-refractivity contribution is 6.20. The lowest BCUT2D eigenvalue weighted by molar-refractivity contribution is 0.693. The fourth-order valence-corrected chi connectivity index (χ4v) is 1.62. The first-order chi connectivity index (χ1) is 6.58. The fourth-order valence-electron chi connectivity index (χ4n) is 1.35. The molecule has 1 heterocycles. The number of pyridine rings is 1. The van der Waals surface area contributed by atoms with Crippen LogP contribution in [0.25, 0.3) is 0 Å². The molecule has 0 amide bonds. The first-order valence-electron chi connectivity index (χ1n) is 4.91. The number of rotatable bonds is 4. The maximum Gasteiger partial charge on any atom is 0.126 e. The summed E-state index contributed by atoms with van der Waals surface area (Å²) in [6.45, 7) is 6.14. The van der Waals surface area contributed by atoms with Gasteiger partial charge in [-0.05, 0) is 38.8 Å². The summed E-state index contributed by atoms with van der Waals surface area (Å²) in [6, 6.07) is 4.40. The van der Waals surface area contributed by atoms with Crippen molar-refractivity contribution in [2.24, 2.45) is 0 Å². The number of aryl methyl sites for hydroxylation is 1. The minimum absolute atomic E-state index is 0.197. The average Bonchev–Trinajstić information content (AvgIpc) is 2.07. The molecule has 0 bridgehead atoms. The number of nitrogens with zero attached hydrogens (tertiary/aromatic N) is 1. The quantitative estimate of drug-likeness (QED) is 0.776. The first kappa shape index (κ1) is 11.3. The molecule has 0 fully saturated rings. The molecule has 0 spiro atoms. The minimum atomic E-state index is 0.197. The third kappa shape index (κ3) is 3.97. The van der Waals surface area contributed by atoms with Crippen molar-refractivity contribution in [3.05, 3.63) is 23.9 Å². The van der Waals surface area contributed by atoms with Gasteiger partial charge in [0.1, 0.15) is 5.82 Å². The topological polar surface area (TPSA) is 24.9 Å². The zero-order valence-corrected chi connectivity index (χ0v) is 9.67. The van der Waals surface area contributed by atoms with Gasteiger partial charge in [0.05, 0.1) is 0 Å². The third-order valence-corrected chi connectivity index (χ3v) is 2.16. The second-order valence-corrected chi connectivity index (χ2v) is 4.53. The molecule has 2 unspecified atom stereocenters. The summed E-state index contributed by atoms with van der Waals surface area (Å²) in [5.74, 6) is 0.917. The van der Waals surface area contributed by atoms with Gasteiger partial charge in [-0.1, -0.05) is 6.07 Å². The van der Waals surface area contributed by atoms with E-state index in [2.05, 4.69) is 17.2 Å². The second kappa shape index (κ2) is 5.20. The molecule has 78 valence electrons. The third-order valence-electron chi connectivity index (χ3n) is 1.98. The zero-order valence-electron chi connectivity index (χ0n) is 8.92. The van der Waals surface area contributed by atoms with Gasteiger partial charge in [0.15, 0.2) is 0 Å². The number of aromatic nitrogens is 1. The van der Waals surface area contributed by atoms with E-state index in [0.29, 0.717) is 6.04 Å². The maximum absolute atomic E-state index is 5.90. The van der Waals surface area contributed by atoms with Crippen molar-refractivity contribution in [3.63, 3.8) is 0 Å². The highest BCUT2D eigenvalue weighted by Gasteiger charge is 2.05. The Morgan fingerprint density at radius 3 is 2.64 bits per heavy atom. The van der Waals surface area contributed by atoms with Gasteiger partial charge < -0.3 is 5.32 Å². The standard InChI is InChI=1S/C11H17ClN2/c1-8-4-5-11(13-7-8)14-10(3)6-9(2)12/h4-5,7,9-10H,6H2,1-3H3,(H,13,14). The molecule has 0 aliphatic rings. The van der Waals surface area contributed by atoms with Crippen LogP contribution in [0.5, 0.6) is 0 Å². The SMILES string of the molecule is Cc1ccc(NC(C)CC(C)Cl)nc1. The Balaban J connectivity index is 2.47. The van der Waals surface area contributed by atoms with Crippen LogP contribution in [0.15, 0.2) is 18.3 Å². The van der Waals surface area contributed by atoms with Crippen LogP contribution in [-0.2, 0) is 0 Å². The smallest absolute Gasteiger partial charge is 0.126 e. The van der Waals surface area contributed by atoms with Gasteiger partial charge in [0.25, 0.3) is 0 Å².